The molecule has 3 heterocycles. The first kappa shape index (κ1) is 15.7. The molecule has 0 bridgehead atoms. The van der Waals surface area contributed by atoms with Crippen molar-refractivity contribution in [2.45, 2.75) is 19.4 Å². The molecule has 1 aromatic rings. The van der Waals surface area contributed by atoms with Gasteiger partial charge in [0.25, 0.3) is 0 Å². The summed E-state index contributed by atoms with van der Waals surface area (Å²) in [7, 11) is 0. The Morgan fingerprint density at radius 3 is 2.96 bits per heavy atom. The summed E-state index contributed by atoms with van der Waals surface area (Å²) in [5, 5.41) is 5.75. The Morgan fingerprint density at radius 1 is 1.30 bits per heavy atom. The predicted molar refractivity (Wildman–Crippen MR) is 87.2 cm³/mol. The molecule has 7 nitrogen and oxygen atoms in total. The maximum absolute atomic E-state index is 12.6. The van der Waals surface area contributed by atoms with Crippen LogP contribution in [0.15, 0.2) is 18.3 Å². The van der Waals surface area contributed by atoms with Gasteiger partial charge in [-0.15, -0.1) is 0 Å². The molecule has 1 atom stereocenters. The number of nitrogens with one attached hydrogen (secondary N) is 2. The maximum atomic E-state index is 12.6. The summed E-state index contributed by atoms with van der Waals surface area (Å²) < 4.78 is 0. The Bertz CT molecular complexity index is 592. The van der Waals surface area contributed by atoms with Gasteiger partial charge >= 0.3 is 0 Å². The van der Waals surface area contributed by atoms with Crippen molar-refractivity contribution in [2.24, 2.45) is 0 Å². The van der Waals surface area contributed by atoms with Gasteiger partial charge in [-0.25, -0.2) is 0 Å². The van der Waals surface area contributed by atoms with E-state index >= 15 is 0 Å². The highest BCUT2D eigenvalue weighted by Crippen LogP contribution is 2.17. The van der Waals surface area contributed by atoms with Crippen molar-refractivity contribution >= 4 is 17.5 Å². The molecule has 0 saturated carbocycles. The number of carbonyl (C=O) groups excluding carboxylic acids is 2. The van der Waals surface area contributed by atoms with Gasteiger partial charge in [0.2, 0.25) is 11.8 Å². The highest BCUT2D eigenvalue weighted by molar-refractivity contribution is 5.89. The number of aryl methyl sites for hydroxylation is 1. The molecule has 2 amide bonds. The van der Waals surface area contributed by atoms with Crippen LogP contribution < -0.4 is 15.5 Å². The zero-order valence-corrected chi connectivity index (χ0v) is 13.4. The van der Waals surface area contributed by atoms with E-state index in [4.69, 9.17) is 0 Å². The summed E-state index contributed by atoms with van der Waals surface area (Å²) in [4.78, 5) is 32.4. The largest absolute Gasteiger partial charge is 0.370 e. The van der Waals surface area contributed by atoms with E-state index in [1.807, 2.05) is 24.1 Å². The van der Waals surface area contributed by atoms with Crippen molar-refractivity contribution in [3.05, 3.63) is 24.0 Å². The molecule has 2 aliphatic rings. The number of hydrogen-bond acceptors (Lipinski definition) is 5. The second-order valence-corrected chi connectivity index (χ2v) is 6.07. The van der Waals surface area contributed by atoms with Crippen LogP contribution in [0.4, 0.5) is 5.69 Å². The fourth-order valence-electron chi connectivity index (χ4n) is 3.12. The van der Waals surface area contributed by atoms with Crippen LogP contribution in [0.5, 0.6) is 0 Å². The number of carbonyl (C=O) groups is 2. The lowest BCUT2D eigenvalue weighted by Gasteiger charge is -2.29. The van der Waals surface area contributed by atoms with Crippen molar-refractivity contribution in [1.82, 2.24) is 20.5 Å². The third-order valence-electron chi connectivity index (χ3n) is 4.32. The summed E-state index contributed by atoms with van der Waals surface area (Å²) >= 11 is 0. The molecular formula is C16H23N5O2. The standard InChI is InChI=1S/C16H23N5O2/c1-12-9-13(3-4-18-12)20-5-2-6-21(8-7-20)16(23)14-10-17-11-15(22)19-14/h3-4,9,14,17H,2,5-8,10-11H2,1H3,(H,19,22). The van der Waals surface area contributed by atoms with Crippen LogP contribution in [0, 0.1) is 6.92 Å². The molecule has 1 unspecified atom stereocenters. The molecule has 7 heteroatoms. The molecule has 1 aromatic heterocycles. The number of piperazine rings is 1. The second kappa shape index (κ2) is 6.95. The van der Waals surface area contributed by atoms with Gasteiger partial charge in [-0.1, -0.05) is 0 Å². The first-order chi connectivity index (χ1) is 11.1. The SMILES string of the molecule is Cc1cc(N2CCCN(C(=O)C3CNCC(=O)N3)CC2)ccn1. The van der Waals surface area contributed by atoms with Crippen molar-refractivity contribution < 1.29 is 9.59 Å². The number of aromatic nitrogens is 1. The second-order valence-electron chi connectivity index (χ2n) is 6.07. The van der Waals surface area contributed by atoms with Crippen LogP contribution in [-0.4, -0.2) is 67.0 Å². The first-order valence-corrected chi connectivity index (χ1v) is 8.10. The van der Waals surface area contributed by atoms with Gasteiger partial charge in [0.1, 0.15) is 6.04 Å². The van der Waals surface area contributed by atoms with Gasteiger partial charge in [-0.2, -0.15) is 0 Å². The molecule has 2 aliphatic heterocycles. The maximum Gasteiger partial charge on any atom is 0.246 e. The monoisotopic (exact) mass is 317 g/mol. The number of hydrogen-bond donors (Lipinski definition) is 2. The van der Waals surface area contributed by atoms with Crippen molar-refractivity contribution in [3.63, 3.8) is 0 Å². The minimum Gasteiger partial charge on any atom is -0.370 e. The molecule has 0 aliphatic carbocycles. The molecule has 0 aromatic carbocycles. The lowest BCUT2D eigenvalue weighted by molar-refractivity contribution is -0.137. The Balaban J connectivity index is 1.62. The molecule has 2 fully saturated rings. The van der Waals surface area contributed by atoms with E-state index in [9.17, 15) is 9.59 Å². The Kier molecular flexibility index (Phi) is 4.76. The van der Waals surface area contributed by atoms with Gasteiger partial charge in [0.15, 0.2) is 0 Å². The first-order valence-electron chi connectivity index (χ1n) is 8.10. The third kappa shape index (κ3) is 3.79. The average molecular weight is 317 g/mol. The molecule has 23 heavy (non-hydrogen) atoms. The lowest BCUT2D eigenvalue weighted by Crippen LogP contribution is -2.59. The Labute approximate surface area is 136 Å². The molecule has 3 rings (SSSR count). The van der Waals surface area contributed by atoms with E-state index in [0.29, 0.717) is 19.6 Å². The third-order valence-corrected chi connectivity index (χ3v) is 4.32. The van der Waals surface area contributed by atoms with Crippen LogP contribution >= 0.6 is 0 Å². The fraction of sp³-hybridized carbons (Fsp3) is 0.562. The minimum atomic E-state index is -0.439. The Morgan fingerprint density at radius 2 is 2.17 bits per heavy atom. The number of pyridine rings is 1. The molecule has 2 saturated heterocycles. The summed E-state index contributed by atoms with van der Waals surface area (Å²) in [6.45, 7) is 5.90. The lowest BCUT2D eigenvalue weighted by atomic mass is 10.2. The van der Waals surface area contributed by atoms with E-state index in [0.717, 1.165) is 37.4 Å². The molecular weight excluding hydrogens is 294 g/mol. The van der Waals surface area contributed by atoms with Crippen LogP contribution in [0.1, 0.15) is 12.1 Å². The van der Waals surface area contributed by atoms with Gasteiger partial charge in [-0.3, -0.25) is 14.6 Å². The summed E-state index contributed by atoms with van der Waals surface area (Å²) in [6.07, 6.45) is 2.74. The minimum absolute atomic E-state index is 0.0123. The van der Waals surface area contributed by atoms with E-state index in [1.165, 1.54) is 0 Å². The number of amides is 2. The molecule has 124 valence electrons. The van der Waals surface area contributed by atoms with E-state index in [1.54, 1.807) is 0 Å². The van der Waals surface area contributed by atoms with E-state index in [2.05, 4.69) is 26.6 Å². The van der Waals surface area contributed by atoms with Gasteiger partial charge in [0, 0.05) is 50.3 Å². The number of nitrogens with zero attached hydrogens (tertiary/aromatic N) is 3. The number of rotatable bonds is 2. The smallest absolute Gasteiger partial charge is 0.246 e. The molecule has 0 spiro atoms. The summed E-state index contributed by atoms with van der Waals surface area (Å²) in [5.74, 6) is -0.100. The zero-order valence-electron chi connectivity index (χ0n) is 13.4. The van der Waals surface area contributed by atoms with Crippen molar-refractivity contribution in [1.29, 1.82) is 0 Å². The molecule has 2 N–H and O–H groups in total. The Hall–Kier alpha value is -2.15. The van der Waals surface area contributed by atoms with Crippen LogP contribution in [0.25, 0.3) is 0 Å². The van der Waals surface area contributed by atoms with E-state index < -0.39 is 6.04 Å². The molecule has 0 radical (unpaired) electrons. The normalized spacial score (nSPS) is 22.5. The van der Waals surface area contributed by atoms with Crippen molar-refractivity contribution in [2.75, 3.05) is 44.2 Å². The van der Waals surface area contributed by atoms with Crippen LogP contribution in [0.3, 0.4) is 0 Å². The van der Waals surface area contributed by atoms with Crippen LogP contribution in [0.2, 0.25) is 0 Å². The van der Waals surface area contributed by atoms with E-state index in [-0.39, 0.29) is 11.8 Å². The summed E-state index contributed by atoms with van der Waals surface area (Å²) in [5.41, 5.74) is 2.15. The fourth-order valence-corrected chi connectivity index (χ4v) is 3.12. The highest BCUT2D eigenvalue weighted by Gasteiger charge is 2.29. The highest BCUT2D eigenvalue weighted by atomic mass is 16.2. The quantitative estimate of drug-likeness (QED) is 0.770. The number of anilines is 1. The van der Waals surface area contributed by atoms with Gasteiger partial charge in [-0.05, 0) is 25.5 Å². The topological polar surface area (TPSA) is 77.6 Å². The average Bonchev–Trinajstić information content (AvgIpc) is 2.80. The van der Waals surface area contributed by atoms with Crippen LogP contribution in [-0.2, 0) is 9.59 Å². The zero-order chi connectivity index (χ0) is 16.2. The van der Waals surface area contributed by atoms with Gasteiger partial charge < -0.3 is 20.4 Å². The predicted octanol–water partition coefficient (Wildman–Crippen LogP) is -0.483. The van der Waals surface area contributed by atoms with Gasteiger partial charge in [0.05, 0.1) is 6.54 Å². The van der Waals surface area contributed by atoms with Crippen molar-refractivity contribution in [3.8, 4) is 0 Å². The summed E-state index contributed by atoms with van der Waals surface area (Å²) in [6, 6.07) is 3.64.